The Morgan fingerprint density at radius 3 is 2.20 bits per heavy atom. The summed E-state index contributed by atoms with van der Waals surface area (Å²) in [4.78, 5) is 34.4. The van der Waals surface area contributed by atoms with E-state index >= 15 is 0 Å². The van der Waals surface area contributed by atoms with E-state index in [9.17, 15) is 27.6 Å². The summed E-state index contributed by atoms with van der Waals surface area (Å²) in [6.45, 7) is 2.16. The molecule has 1 saturated carbocycles. The molecule has 6 nitrogen and oxygen atoms in total. The van der Waals surface area contributed by atoms with E-state index in [-0.39, 0.29) is 6.42 Å². The summed E-state index contributed by atoms with van der Waals surface area (Å²) >= 11 is 0. The van der Waals surface area contributed by atoms with Gasteiger partial charge in [-0.05, 0) is 30.7 Å². The minimum Gasteiger partial charge on any atom is -0.480 e. The molecule has 0 spiro atoms. The fourth-order valence-electron chi connectivity index (χ4n) is 3.72. The Labute approximate surface area is 173 Å². The normalized spacial score (nSPS) is 20.5. The largest absolute Gasteiger partial charge is 0.480 e. The van der Waals surface area contributed by atoms with Crippen molar-refractivity contribution in [1.82, 2.24) is 10.2 Å². The van der Waals surface area contributed by atoms with Crippen molar-refractivity contribution in [2.75, 3.05) is 0 Å². The minimum atomic E-state index is -4.63. The maximum atomic E-state index is 13.2. The number of urea groups is 1. The van der Waals surface area contributed by atoms with E-state index in [0.717, 1.165) is 12.8 Å². The number of carboxylic acid groups (broad SMARTS) is 1. The molecule has 1 aromatic carbocycles. The predicted molar refractivity (Wildman–Crippen MR) is 104 cm³/mol. The van der Waals surface area contributed by atoms with Crippen molar-refractivity contribution in [2.45, 2.75) is 70.1 Å². The molecule has 2 aliphatic rings. The number of imide groups is 1. The maximum Gasteiger partial charge on any atom is 0.408 e. The lowest BCUT2D eigenvalue weighted by Gasteiger charge is -2.38. The Morgan fingerprint density at radius 1 is 1.17 bits per heavy atom. The van der Waals surface area contributed by atoms with Crippen molar-refractivity contribution in [2.24, 2.45) is 5.92 Å². The summed E-state index contributed by atoms with van der Waals surface area (Å²) in [6.07, 6.45) is -0.989. The summed E-state index contributed by atoms with van der Waals surface area (Å²) < 4.78 is 39.5. The first-order valence-electron chi connectivity index (χ1n) is 10.1. The molecule has 9 heteroatoms. The van der Waals surface area contributed by atoms with Gasteiger partial charge < -0.3 is 10.4 Å². The summed E-state index contributed by atoms with van der Waals surface area (Å²) in [5, 5.41) is 10.6. The smallest absolute Gasteiger partial charge is 0.408 e. The van der Waals surface area contributed by atoms with Gasteiger partial charge in [0.25, 0.3) is 0 Å². The van der Waals surface area contributed by atoms with Gasteiger partial charge >= 0.3 is 18.2 Å². The molecule has 1 aromatic rings. The highest BCUT2D eigenvalue weighted by Gasteiger charge is 2.50. The number of carbonyl (C=O) groups is 3. The number of hydrogen-bond donors (Lipinski definition) is 2. The number of alkyl halides is 3. The number of β-lactam (4-membered cyclic amide) rings is 1. The van der Waals surface area contributed by atoms with Gasteiger partial charge in [0.05, 0.1) is 6.42 Å². The van der Waals surface area contributed by atoms with E-state index in [0.29, 0.717) is 30.6 Å². The molecule has 3 rings (SSSR count). The van der Waals surface area contributed by atoms with Crippen LogP contribution in [0.25, 0.3) is 0 Å². The first-order valence-corrected chi connectivity index (χ1v) is 10.1. The van der Waals surface area contributed by atoms with E-state index < -0.39 is 42.1 Å². The van der Waals surface area contributed by atoms with Crippen molar-refractivity contribution in [3.05, 3.63) is 35.9 Å². The fourth-order valence-corrected chi connectivity index (χ4v) is 3.72. The number of halogens is 3. The van der Waals surface area contributed by atoms with E-state index in [4.69, 9.17) is 5.11 Å². The Hall–Kier alpha value is -2.58. The summed E-state index contributed by atoms with van der Waals surface area (Å²) in [5.74, 6) is -2.93. The number of nitrogens with zero attached hydrogens (tertiary/aromatic N) is 1. The highest BCUT2D eigenvalue weighted by Crippen LogP contribution is 2.35. The second-order valence-electron chi connectivity index (χ2n) is 7.53. The average molecular weight is 428 g/mol. The van der Waals surface area contributed by atoms with Gasteiger partial charge in [-0.25, -0.2) is 14.5 Å². The van der Waals surface area contributed by atoms with Crippen molar-refractivity contribution in [1.29, 1.82) is 0 Å². The molecule has 1 aliphatic heterocycles. The van der Waals surface area contributed by atoms with Crippen LogP contribution in [-0.2, 0) is 16.0 Å². The number of aryl methyl sites for hydroxylation is 1. The molecular weight excluding hydrogens is 401 g/mol. The van der Waals surface area contributed by atoms with Crippen LogP contribution in [0, 0.1) is 5.92 Å². The fraction of sp³-hybridized carbons (Fsp3) is 0.571. The molecule has 2 unspecified atom stereocenters. The van der Waals surface area contributed by atoms with Crippen LogP contribution >= 0.6 is 0 Å². The number of nitrogens with one attached hydrogen (secondary N) is 1. The third kappa shape index (κ3) is 6.21. The molecule has 1 aliphatic carbocycles. The van der Waals surface area contributed by atoms with Crippen LogP contribution in [0.2, 0.25) is 0 Å². The van der Waals surface area contributed by atoms with Crippen molar-refractivity contribution >= 4 is 17.9 Å². The van der Waals surface area contributed by atoms with Crippen LogP contribution in [0.5, 0.6) is 0 Å². The number of amides is 3. The number of carbonyl (C=O) groups excluding carboxylic acids is 2. The average Bonchev–Trinajstić information content (AvgIpc) is 2.70. The Balaban J connectivity index is 0.000000335. The Kier molecular flexibility index (Phi) is 8.25. The van der Waals surface area contributed by atoms with Crippen LogP contribution in [-0.4, -0.2) is 46.2 Å². The van der Waals surface area contributed by atoms with E-state index in [1.165, 1.54) is 5.56 Å². The molecule has 0 radical (unpaired) electrons. The molecular formula is C21H27F3N2O4. The van der Waals surface area contributed by atoms with Crippen molar-refractivity contribution in [3.8, 4) is 0 Å². The number of hydrogen-bond acceptors (Lipinski definition) is 3. The van der Waals surface area contributed by atoms with E-state index in [1.807, 2.05) is 11.4 Å². The lowest BCUT2D eigenvalue weighted by atomic mass is 9.83. The van der Waals surface area contributed by atoms with Crippen LogP contribution in [0.15, 0.2) is 30.3 Å². The third-order valence-corrected chi connectivity index (χ3v) is 5.46. The molecule has 2 atom stereocenters. The van der Waals surface area contributed by atoms with Crippen molar-refractivity contribution in [3.63, 3.8) is 0 Å². The van der Waals surface area contributed by atoms with Gasteiger partial charge in [-0.15, -0.1) is 0 Å². The van der Waals surface area contributed by atoms with Gasteiger partial charge in [0.15, 0.2) is 0 Å². The summed E-state index contributed by atoms with van der Waals surface area (Å²) in [6, 6.07) is 5.74. The number of benzene rings is 1. The van der Waals surface area contributed by atoms with Crippen molar-refractivity contribution < 1.29 is 32.7 Å². The lowest BCUT2D eigenvalue weighted by molar-refractivity contribution is -0.170. The highest BCUT2D eigenvalue weighted by atomic mass is 19.4. The van der Waals surface area contributed by atoms with Gasteiger partial charge in [-0.2, -0.15) is 13.2 Å². The van der Waals surface area contributed by atoms with E-state index in [2.05, 4.69) is 31.2 Å². The lowest BCUT2D eigenvalue weighted by Crippen LogP contribution is -2.64. The summed E-state index contributed by atoms with van der Waals surface area (Å²) in [7, 11) is 0. The van der Waals surface area contributed by atoms with Gasteiger partial charge in [0.1, 0.15) is 12.1 Å². The molecule has 2 fully saturated rings. The Morgan fingerprint density at radius 2 is 1.77 bits per heavy atom. The molecule has 0 bridgehead atoms. The predicted octanol–water partition coefficient (Wildman–Crippen LogP) is 4.14. The van der Waals surface area contributed by atoms with Gasteiger partial charge in [-0.3, -0.25) is 4.79 Å². The second-order valence-corrected chi connectivity index (χ2v) is 7.53. The third-order valence-electron chi connectivity index (χ3n) is 5.46. The quantitative estimate of drug-likeness (QED) is 0.706. The number of aliphatic carboxylic acids is 1. The zero-order chi connectivity index (χ0) is 22.3. The molecule has 1 heterocycles. The molecule has 30 heavy (non-hydrogen) atoms. The van der Waals surface area contributed by atoms with E-state index in [1.54, 1.807) is 0 Å². The van der Waals surface area contributed by atoms with Crippen LogP contribution in [0.1, 0.15) is 51.0 Å². The van der Waals surface area contributed by atoms with Crippen LogP contribution in [0.4, 0.5) is 18.0 Å². The maximum absolute atomic E-state index is 13.2. The summed E-state index contributed by atoms with van der Waals surface area (Å²) in [5.41, 5.74) is 1.41. The molecule has 0 aromatic heterocycles. The number of carboxylic acids is 1. The SMILES string of the molecule is CCc1ccccc1.O=C(O)C1CC(=O)N1C(=O)NC(C1CCCCC1)C(F)(F)F. The standard InChI is InChI=1S/C13H17F3N2O4.C8H10/c14-13(15,16)10(7-4-2-1-3-5-7)17-12(22)18-8(11(20)21)6-9(18)19;1-2-8-6-4-3-5-7-8/h7-8,10H,1-6H2,(H,17,22)(H,20,21);3-7H,2H2,1H3. The van der Waals surface area contributed by atoms with Crippen LogP contribution < -0.4 is 5.32 Å². The van der Waals surface area contributed by atoms with Gasteiger partial charge in [-0.1, -0.05) is 56.5 Å². The van der Waals surface area contributed by atoms with Gasteiger partial charge in [0, 0.05) is 0 Å². The number of likely N-dealkylation sites (tertiary alicyclic amines) is 1. The minimum absolute atomic E-state index is 0.348. The highest BCUT2D eigenvalue weighted by molar-refractivity contribution is 6.05. The van der Waals surface area contributed by atoms with Crippen LogP contribution in [0.3, 0.4) is 0 Å². The monoisotopic (exact) mass is 428 g/mol. The van der Waals surface area contributed by atoms with Gasteiger partial charge in [0.2, 0.25) is 5.91 Å². The first kappa shape index (κ1) is 23.7. The number of rotatable bonds is 4. The topological polar surface area (TPSA) is 86.7 Å². The first-order chi connectivity index (χ1) is 14.1. The Bertz CT molecular complexity index is 734. The molecule has 3 amide bonds. The molecule has 1 saturated heterocycles. The second kappa shape index (κ2) is 10.4. The molecule has 166 valence electrons. The molecule has 2 N–H and O–H groups in total. The zero-order valence-electron chi connectivity index (χ0n) is 16.8. The zero-order valence-corrected chi connectivity index (χ0v) is 16.8.